The van der Waals surface area contributed by atoms with Gasteiger partial charge in [0.15, 0.2) is 0 Å². The van der Waals surface area contributed by atoms with Gasteiger partial charge < -0.3 is 10.2 Å². The zero-order chi connectivity index (χ0) is 14.8. The summed E-state index contributed by atoms with van der Waals surface area (Å²) < 4.78 is 0. The number of nitrogens with one attached hydrogen (secondary N) is 1. The summed E-state index contributed by atoms with van der Waals surface area (Å²) in [5, 5.41) is 3.49. The number of unbranched alkanes of at least 4 members (excludes halogenated alkanes) is 3. The standard InChI is InChI=1S/C17H37N3/c1-5-20(6-2)17-11-14-19(15-17)13-10-8-7-9-12-18-16(3)4/h16-18H,5-15H2,1-4H3. The molecule has 0 aromatic carbocycles. The summed E-state index contributed by atoms with van der Waals surface area (Å²) in [4.78, 5) is 5.30. The third kappa shape index (κ3) is 7.05. The van der Waals surface area contributed by atoms with Crippen molar-refractivity contribution in [3.63, 3.8) is 0 Å². The minimum Gasteiger partial charge on any atom is -0.315 e. The second kappa shape index (κ2) is 10.6. The van der Waals surface area contributed by atoms with E-state index >= 15 is 0 Å². The summed E-state index contributed by atoms with van der Waals surface area (Å²) in [5.41, 5.74) is 0. The first-order chi connectivity index (χ1) is 9.67. The van der Waals surface area contributed by atoms with Gasteiger partial charge in [0.2, 0.25) is 0 Å². The molecule has 0 amide bonds. The predicted octanol–water partition coefficient (Wildman–Crippen LogP) is 2.96. The van der Waals surface area contributed by atoms with Crippen LogP contribution >= 0.6 is 0 Å². The van der Waals surface area contributed by atoms with Gasteiger partial charge in [0.25, 0.3) is 0 Å². The van der Waals surface area contributed by atoms with Crippen LogP contribution in [-0.2, 0) is 0 Å². The number of hydrogen-bond acceptors (Lipinski definition) is 3. The molecule has 3 nitrogen and oxygen atoms in total. The molecular formula is C17H37N3. The van der Waals surface area contributed by atoms with E-state index in [0.29, 0.717) is 6.04 Å². The van der Waals surface area contributed by atoms with Gasteiger partial charge >= 0.3 is 0 Å². The zero-order valence-electron chi connectivity index (χ0n) is 14.3. The summed E-state index contributed by atoms with van der Waals surface area (Å²) in [5.74, 6) is 0. The maximum Gasteiger partial charge on any atom is 0.0235 e. The lowest BCUT2D eigenvalue weighted by Crippen LogP contribution is -2.37. The Balaban J connectivity index is 1.98. The van der Waals surface area contributed by atoms with Crippen molar-refractivity contribution in [3.05, 3.63) is 0 Å². The molecule has 1 N–H and O–H groups in total. The molecule has 120 valence electrons. The molecule has 1 aliphatic heterocycles. The number of likely N-dealkylation sites (tertiary alicyclic amines) is 1. The Hall–Kier alpha value is -0.120. The van der Waals surface area contributed by atoms with Crippen LogP contribution < -0.4 is 5.32 Å². The van der Waals surface area contributed by atoms with Crippen molar-refractivity contribution < 1.29 is 0 Å². The third-order valence-corrected chi connectivity index (χ3v) is 4.53. The quantitative estimate of drug-likeness (QED) is 0.588. The van der Waals surface area contributed by atoms with Crippen LogP contribution in [0.3, 0.4) is 0 Å². The van der Waals surface area contributed by atoms with Crippen molar-refractivity contribution in [2.45, 2.75) is 71.9 Å². The van der Waals surface area contributed by atoms with E-state index in [1.165, 1.54) is 71.4 Å². The van der Waals surface area contributed by atoms with Crippen LogP contribution in [-0.4, -0.2) is 61.2 Å². The molecule has 1 rings (SSSR count). The highest BCUT2D eigenvalue weighted by molar-refractivity contribution is 4.82. The summed E-state index contributed by atoms with van der Waals surface area (Å²) in [6.45, 7) is 16.6. The van der Waals surface area contributed by atoms with Gasteiger partial charge in [0.1, 0.15) is 0 Å². The predicted molar refractivity (Wildman–Crippen MR) is 89.4 cm³/mol. The summed E-state index contributed by atoms with van der Waals surface area (Å²) in [6.07, 6.45) is 6.87. The molecular weight excluding hydrogens is 246 g/mol. The van der Waals surface area contributed by atoms with E-state index in [1.54, 1.807) is 0 Å². The Kier molecular flexibility index (Phi) is 9.49. The molecule has 1 fully saturated rings. The molecule has 1 heterocycles. The average molecular weight is 284 g/mol. The van der Waals surface area contributed by atoms with Crippen LogP contribution in [0.5, 0.6) is 0 Å². The summed E-state index contributed by atoms with van der Waals surface area (Å²) in [6, 6.07) is 1.46. The molecule has 0 radical (unpaired) electrons. The van der Waals surface area contributed by atoms with Gasteiger partial charge in [0, 0.05) is 18.6 Å². The van der Waals surface area contributed by atoms with Gasteiger partial charge in [-0.1, -0.05) is 40.5 Å². The van der Waals surface area contributed by atoms with Gasteiger partial charge in [-0.15, -0.1) is 0 Å². The lowest BCUT2D eigenvalue weighted by molar-refractivity contribution is 0.210. The van der Waals surface area contributed by atoms with Crippen LogP contribution in [0, 0.1) is 0 Å². The van der Waals surface area contributed by atoms with Crippen LogP contribution in [0.25, 0.3) is 0 Å². The van der Waals surface area contributed by atoms with E-state index in [9.17, 15) is 0 Å². The number of nitrogens with zero attached hydrogens (tertiary/aromatic N) is 2. The van der Waals surface area contributed by atoms with E-state index in [-0.39, 0.29) is 0 Å². The highest BCUT2D eigenvalue weighted by atomic mass is 15.2. The molecule has 0 spiro atoms. The van der Waals surface area contributed by atoms with E-state index in [2.05, 4.69) is 42.8 Å². The highest BCUT2D eigenvalue weighted by Gasteiger charge is 2.25. The van der Waals surface area contributed by atoms with Gasteiger partial charge in [0.05, 0.1) is 0 Å². The normalized spacial score (nSPS) is 20.4. The Morgan fingerprint density at radius 2 is 1.80 bits per heavy atom. The summed E-state index contributed by atoms with van der Waals surface area (Å²) in [7, 11) is 0. The Morgan fingerprint density at radius 3 is 2.45 bits per heavy atom. The molecule has 0 aromatic rings. The highest BCUT2D eigenvalue weighted by Crippen LogP contribution is 2.16. The minimum absolute atomic E-state index is 0.636. The molecule has 20 heavy (non-hydrogen) atoms. The van der Waals surface area contributed by atoms with Gasteiger partial charge in [-0.05, 0) is 52.0 Å². The molecule has 1 saturated heterocycles. The third-order valence-electron chi connectivity index (χ3n) is 4.53. The van der Waals surface area contributed by atoms with Gasteiger partial charge in [-0.3, -0.25) is 4.90 Å². The van der Waals surface area contributed by atoms with Crippen molar-refractivity contribution in [1.29, 1.82) is 0 Å². The van der Waals surface area contributed by atoms with Gasteiger partial charge in [-0.2, -0.15) is 0 Å². The fraction of sp³-hybridized carbons (Fsp3) is 1.00. The first-order valence-electron chi connectivity index (χ1n) is 8.87. The summed E-state index contributed by atoms with van der Waals surface area (Å²) >= 11 is 0. The van der Waals surface area contributed by atoms with Crippen LogP contribution in [0.4, 0.5) is 0 Å². The van der Waals surface area contributed by atoms with Crippen LogP contribution in [0.15, 0.2) is 0 Å². The van der Waals surface area contributed by atoms with E-state index in [4.69, 9.17) is 0 Å². The number of likely N-dealkylation sites (N-methyl/N-ethyl adjacent to an activating group) is 1. The molecule has 1 unspecified atom stereocenters. The second-order valence-corrected chi connectivity index (χ2v) is 6.49. The molecule has 3 heteroatoms. The topological polar surface area (TPSA) is 18.5 Å². The molecule has 1 aliphatic rings. The monoisotopic (exact) mass is 283 g/mol. The maximum absolute atomic E-state index is 3.49. The van der Waals surface area contributed by atoms with Gasteiger partial charge in [-0.25, -0.2) is 0 Å². The second-order valence-electron chi connectivity index (χ2n) is 6.49. The Morgan fingerprint density at radius 1 is 1.10 bits per heavy atom. The lowest BCUT2D eigenvalue weighted by Gasteiger charge is -2.26. The van der Waals surface area contributed by atoms with Crippen LogP contribution in [0.2, 0.25) is 0 Å². The maximum atomic E-state index is 3.49. The van der Waals surface area contributed by atoms with Crippen molar-refractivity contribution >= 4 is 0 Å². The molecule has 1 atom stereocenters. The first-order valence-corrected chi connectivity index (χ1v) is 8.87. The van der Waals surface area contributed by atoms with Crippen molar-refractivity contribution in [2.75, 3.05) is 39.3 Å². The fourth-order valence-electron chi connectivity index (χ4n) is 3.26. The molecule has 0 bridgehead atoms. The smallest absolute Gasteiger partial charge is 0.0235 e. The molecule has 0 saturated carbocycles. The van der Waals surface area contributed by atoms with Crippen LogP contribution in [0.1, 0.15) is 59.8 Å². The van der Waals surface area contributed by atoms with E-state index in [1.807, 2.05) is 0 Å². The number of hydrogen-bond donors (Lipinski definition) is 1. The molecule has 0 aliphatic carbocycles. The lowest BCUT2D eigenvalue weighted by atomic mass is 10.2. The zero-order valence-corrected chi connectivity index (χ0v) is 14.3. The Bertz CT molecular complexity index is 226. The SMILES string of the molecule is CCN(CC)C1CCN(CCCCCCNC(C)C)C1. The van der Waals surface area contributed by atoms with Crippen molar-refractivity contribution in [1.82, 2.24) is 15.1 Å². The van der Waals surface area contributed by atoms with Crippen molar-refractivity contribution in [2.24, 2.45) is 0 Å². The van der Waals surface area contributed by atoms with Crippen molar-refractivity contribution in [3.8, 4) is 0 Å². The average Bonchev–Trinajstić information content (AvgIpc) is 2.87. The largest absolute Gasteiger partial charge is 0.315 e. The molecule has 0 aromatic heterocycles. The van der Waals surface area contributed by atoms with E-state index in [0.717, 1.165) is 6.04 Å². The van der Waals surface area contributed by atoms with E-state index < -0.39 is 0 Å². The fourth-order valence-corrected chi connectivity index (χ4v) is 3.26. The number of rotatable bonds is 11. The minimum atomic E-state index is 0.636. The first kappa shape index (κ1) is 17.9. The Labute approximate surface area is 127 Å².